The fourth-order valence-corrected chi connectivity index (χ4v) is 0.876. The molecule has 1 aromatic rings. The van der Waals surface area contributed by atoms with Crippen molar-refractivity contribution < 1.29 is 22.4 Å². The van der Waals surface area contributed by atoms with E-state index in [1.54, 1.807) is 0 Å². The predicted octanol–water partition coefficient (Wildman–Crippen LogP) is 1.97. The Morgan fingerprint density at radius 1 is 1.44 bits per heavy atom. The van der Waals surface area contributed by atoms with Gasteiger partial charge in [-0.05, 0) is 13.8 Å². The molecule has 16 heavy (non-hydrogen) atoms. The average molecular weight is 239 g/mol. The summed E-state index contributed by atoms with van der Waals surface area (Å²) in [4.78, 5) is 3.79. The van der Waals surface area contributed by atoms with E-state index in [2.05, 4.69) is 20.2 Å². The van der Waals surface area contributed by atoms with Crippen molar-refractivity contribution in [3.63, 3.8) is 0 Å². The summed E-state index contributed by atoms with van der Waals surface area (Å²) in [5.74, 6) is 0.0763. The minimum absolute atomic E-state index is 0.0763. The molecule has 0 aliphatic rings. The molecule has 0 fully saturated rings. The van der Waals surface area contributed by atoms with Crippen LogP contribution in [0.25, 0.3) is 0 Å². The van der Waals surface area contributed by atoms with Crippen molar-refractivity contribution in [2.75, 3.05) is 11.9 Å². The van der Waals surface area contributed by atoms with Crippen LogP contribution >= 0.6 is 0 Å². The number of rotatable bonds is 5. The molecule has 8 heteroatoms. The van der Waals surface area contributed by atoms with E-state index in [0.29, 0.717) is 0 Å². The average Bonchev–Trinajstić information content (AvgIpc) is 2.49. The largest absolute Gasteiger partial charge is 0.411 e. The molecule has 0 aliphatic carbocycles. The van der Waals surface area contributed by atoms with E-state index in [1.807, 2.05) is 13.8 Å². The fourth-order valence-electron chi connectivity index (χ4n) is 0.876. The molecule has 1 heterocycles. The first-order valence-electron chi connectivity index (χ1n) is 4.60. The van der Waals surface area contributed by atoms with Gasteiger partial charge >= 0.3 is 12.2 Å². The second kappa shape index (κ2) is 5.15. The van der Waals surface area contributed by atoms with Crippen molar-refractivity contribution in [1.82, 2.24) is 10.1 Å². The Morgan fingerprint density at radius 3 is 2.69 bits per heavy atom. The van der Waals surface area contributed by atoms with Gasteiger partial charge in [0.1, 0.15) is 13.2 Å². The van der Waals surface area contributed by atoms with Gasteiger partial charge in [-0.1, -0.05) is 5.16 Å². The lowest BCUT2D eigenvalue weighted by Crippen LogP contribution is -2.17. The quantitative estimate of drug-likeness (QED) is 0.851. The maximum absolute atomic E-state index is 11.7. The molecule has 0 spiro atoms. The summed E-state index contributed by atoms with van der Waals surface area (Å²) in [5.41, 5.74) is 0. The van der Waals surface area contributed by atoms with E-state index >= 15 is 0 Å². The molecular weight excluding hydrogens is 227 g/mol. The first-order valence-corrected chi connectivity index (χ1v) is 4.60. The Balaban J connectivity index is 2.35. The lowest BCUT2D eigenvalue weighted by atomic mass is 10.4. The van der Waals surface area contributed by atoms with Crippen LogP contribution < -0.4 is 5.32 Å². The Labute approximate surface area is 90.0 Å². The molecule has 0 atom stereocenters. The maximum atomic E-state index is 11.7. The molecule has 0 aromatic carbocycles. The van der Waals surface area contributed by atoms with Crippen molar-refractivity contribution in [1.29, 1.82) is 0 Å². The van der Waals surface area contributed by atoms with Gasteiger partial charge in [0.15, 0.2) is 5.82 Å². The minimum atomic E-state index is -4.34. The first-order chi connectivity index (χ1) is 7.37. The van der Waals surface area contributed by atoms with E-state index in [4.69, 9.17) is 4.52 Å². The zero-order valence-corrected chi connectivity index (χ0v) is 8.84. The number of halogens is 3. The van der Waals surface area contributed by atoms with Gasteiger partial charge < -0.3 is 14.6 Å². The second-order valence-electron chi connectivity index (χ2n) is 3.42. The Morgan fingerprint density at radius 2 is 2.12 bits per heavy atom. The predicted molar refractivity (Wildman–Crippen MR) is 48.8 cm³/mol. The van der Waals surface area contributed by atoms with Gasteiger partial charge in [-0.3, -0.25) is 0 Å². The van der Waals surface area contributed by atoms with Crippen molar-refractivity contribution in [2.24, 2.45) is 0 Å². The molecule has 92 valence electrons. The van der Waals surface area contributed by atoms with Gasteiger partial charge in [0.25, 0.3) is 0 Å². The van der Waals surface area contributed by atoms with Gasteiger partial charge in [0.05, 0.1) is 0 Å². The van der Waals surface area contributed by atoms with Crippen molar-refractivity contribution >= 4 is 6.01 Å². The second-order valence-corrected chi connectivity index (χ2v) is 3.42. The SMILES string of the molecule is CC(C)Nc1nc(COCC(F)(F)F)no1. The molecule has 5 nitrogen and oxygen atoms in total. The van der Waals surface area contributed by atoms with Crippen LogP contribution in [0, 0.1) is 0 Å². The smallest absolute Gasteiger partial charge is 0.364 e. The van der Waals surface area contributed by atoms with Crippen LogP contribution in [0.1, 0.15) is 19.7 Å². The third kappa shape index (κ3) is 4.96. The maximum Gasteiger partial charge on any atom is 0.411 e. The number of hydrogen-bond acceptors (Lipinski definition) is 5. The number of anilines is 1. The van der Waals surface area contributed by atoms with Crippen LogP contribution in [0.3, 0.4) is 0 Å². The number of aromatic nitrogens is 2. The number of ether oxygens (including phenoxy) is 1. The monoisotopic (exact) mass is 239 g/mol. The van der Waals surface area contributed by atoms with Crippen LogP contribution in [-0.2, 0) is 11.3 Å². The summed E-state index contributed by atoms with van der Waals surface area (Å²) in [6.45, 7) is 2.07. The Hall–Kier alpha value is -1.31. The molecule has 0 unspecified atom stereocenters. The topological polar surface area (TPSA) is 60.2 Å². The van der Waals surface area contributed by atoms with Crippen LogP contribution in [0.15, 0.2) is 4.52 Å². The Kier molecular flexibility index (Phi) is 4.11. The summed E-state index contributed by atoms with van der Waals surface area (Å²) in [6.07, 6.45) is -4.34. The Bertz CT molecular complexity index is 325. The van der Waals surface area contributed by atoms with E-state index in [9.17, 15) is 13.2 Å². The third-order valence-corrected chi connectivity index (χ3v) is 1.38. The van der Waals surface area contributed by atoms with Crippen molar-refractivity contribution in [3.05, 3.63) is 5.82 Å². The molecule has 0 saturated carbocycles. The van der Waals surface area contributed by atoms with Crippen LogP contribution in [0.5, 0.6) is 0 Å². The van der Waals surface area contributed by atoms with E-state index < -0.39 is 12.8 Å². The lowest BCUT2D eigenvalue weighted by Gasteiger charge is -2.04. The van der Waals surface area contributed by atoms with Crippen LogP contribution in [0.2, 0.25) is 0 Å². The summed E-state index contributed by atoms with van der Waals surface area (Å²) in [6, 6.07) is 0.269. The van der Waals surface area contributed by atoms with Crippen molar-refractivity contribution in [3.8, 4) is 0 Å². The number of nitrogens with one attached hydrogen (secondary N) is 1. The molecular formula is C8H12F3N3O2. The normalized spacial score (nSPS) is 12.1. The van der Waals surface area contributed by atoms with Crippen LogP contribution in [0.4, 0.5) is 19.2 Å². The zero-order chi connectivity index (χ0) is 12.2. The van der Waals surface area contributed by atoms with E-state index in [-0.39, 0.29) is 24.5 Å². The molecule has 0 amide bonds. The van der Waals surface area contributed by atoms with Gasteiger partial charge in [0, 0.05) is 6.04 Å². The third-order valence-electron chi connectivity index (χ3n) is 1.38. The highest BCUT2D eigenvalue weighted by Gasteiger charge is 2.27. The van der Waals surface area contributed by atoms with Crippen molar-refractivity contribution in [2.45, 2.75) is 32.7 Å². The highest BCUT2D eigenvalue weighted by atomic mass is 19.4. The molecule has 1 N–H and O–H groups in total. The molecule has 0 bridgehead atoms. The molecule has 0 aliphatic heterocycles. The van der Waals surface area contributed by atoms with Crippen LogP contribution in [-0.4, -0.2) is 29.0 Å². The highest BCUT2D eigenvalue weighted by molar-refractivity contribution is 5.19. The number of nitrogens with zero attached hydrogens (tertiary/aromatic N) is 2. The lowest BCUT2D eigenvalue weighted by molar-refractivity contribution is -0.177. The molecule has 0 radical (unpaired) electrons. The van der Waals surface area contributed by atoms with Gasteiger partial charge in [0.2, 0.25) is 0 Å². The fraction of sp³-hybridized carbons (Fsp3) is 0.750. The molecule has 0 saturated heterocycles. The molecule has 1 rings (SSSR count). The zero-order valence-electron chi connectivity index (χ0n) is 8.84. The summed E-state index contributed by atoms with van der Waals surface area (Å²) < 4.78 is 44.3. The number of hydrogen-bond donors (Lipinski definition) is 1. The standard InChI is InChI=1S/C8H12F3N3O2/c1-5(2)12-7-13-6(14-16-7)3-15-4-8(9,10)11/h5H,3-4H2,1-2H3,(H,12,13,14). The van der Waals surface area contributed by atoms with Gasteiger partial charge in [-0.2, -0.15) is 18.2 Å². The summed E-state index contributed by atoms with van der Waals surface area (Å²) in [5, 5.41) is 6.26. The summed E-state index contributed by atoms with van der Waals surface area (Å²) in [7, 11) is 0. The highest BCUT2D eigenvalue weighted by Crippen LogP contribution is 2.15. The van der Waals surface area contributed by atoms with E-state index in [1.165, 1.54) is 0 Å². The van der Waals surface area contributed by atoms with E-state index in [0.717, 1.165) is 0 Å². The number of alkyl halides is 3. The minimum Gasteiger partial charge on any atom is -0.364 e. The van der Waals surface area contributed by atoms with Gasteiger partial charge in [-0.25, -0.2) is 0 Å². The first kappa shape index (κ1) is 12.8. The van der Waals surface area contributed by atoms with Gasteiger partial charge in [-0.15, -0.1) is 0 Å². The summed E-state index contributed by atoms with van der Waals surface area (Å²) >= 11 is 0. The molecule has 1 aromatic heterocycles.